The molecule has 0 unspecified atom stereocenters. The molecule has 11 nitrogen and oxygen atoms in total. The normalized spacial score (nSPS) is 16.8. The van der Waals surface area contributed by atoms with E-state index < -0.39 is 16.0 Å². The standard InChI is InChI=1S/C23H26N4O7S2/c1-3-32-23(29)20-14(2)19-21(28)24-18(25-22(19)35-20)13-26-6-8-27(9-7-26)36(30,31)15-4-5-16-17(12-15)34-11-10-33-16/h4-5,12H,3,6-11,13H2,1-2H3,(H,24,25,28). The van der Waals surface area contributed by atoms with E-state index in [0.29, 0.717) is 83.9 Å². The Kier molecular flexibility index (Phi) is 6.72. The molecule has 1 aromatic carbocycles. The van der Waals surface area contributed by atoms with Crippen molar-refractivity contribution in [2.24, 2.45) is 0 Å². The van der Waals surface area contributed by atoms with Crippen LogP contribution in [0.2, 0.25) is 0 Å². The van der Waals surface area contributed by atoms with Gasteiger partial charge in [0.25, 0.3) is 5.56 Å². The van der Waals surface area contributed by atoms with Crippen LogP contribution in [0.1, 0.15) is 28.0 Å². The maximum atomic E-state index is 13.2. The van der Waals surface area contributed by atoms with Crippen molar-refractivity contribution in [1.82, 2.24) is 19.2 Å². The number of fused-ring (bicyclic) bond motifs is 2. The number of sulfonamides is 1. The molecule has 2 aromatic heterocycles. The van der Waals surface area contributed by atoms with E-state index in [1.54, 1.807) is 19.9 Å². The summed E-state index contributed by atoms with van der Waals surface area (Å²) in [5.41, 5.74) is 0.255. The van der Waals surface area contributed by atoms with E-state index in [1.165, 1.54) is 16.4 Å². The van der Waals surface area contributed by atoms with Crippen molar-refractivity contribution in [3.05, 3.63) is 44.8 Å². The minimum atomic E-state index is -3.69. The van der Waals surface area contributed by atoms with Gasteiger partial charge in [0.15, 0.2) is 11.5 Å². The van der Waals surface area contributed by atoms with E-state index >= 15 is 0 Å². The first kappa shape index (κ1) is 24.7. The summed E-state index contributed by atoms with van der Waals surface area (Å²) in [6, 6.07) is 4.66. The predicted octanol–water partition coefficient (Wildman–Crippen LogP) is 1.75. The van der Waals surface area contributed by atoms with Crippen molar-refractivity contribution in [2.45, 2.75) is 25.3 Å². The van der Waals surface area contributed by atoms with Crippen LogP contribution in [0.15, 0.2) is 27.9 Å². The Morgan fingerprint density at radius 1 is 1.17 bits per heavy atom. The lowest BCUT2D eigenvalue weighted by atomic mass is 10.2. The average Bonchev–Trinajstić information content (AvgIpc) is 3.21. The number of nitrogens with one attached hydrogen (secondary N) is 1. The molecule has 0 atom stereocenters. The zero-order valence-electron chi connectivity index (χ0n) is 19.9. The molecule has 2 aliphatic heterocycles. The Balaban J connectivity index is 1.28. The highest BCUT2D eigenvalue weighted by molar-refractivity contribution is 7.89. The average molecular weight is 535 g/mol. The third kappa shape index (κ3) is 4.59. The third-order valence-corrected chi connectivity index (χ3v) is 9.23. The van der Waals surface area contributed by atoms with Gasteiger partial charge in [0, 0.05) is 32.2 Å². The number of carbonyl (C=O) groups excluding carboxylic acids is 1. The van der Waals surface area contributed by atoms with Gasteiger partial charge in [0.05, 0.1) is 23.4 Å². The van der Waals surface area contributed by atoms with E-state index in [0.717, 1.165) is 11.3 Å². The van der Waals surface area contributed by atoms with Crippen LogP contribution < -0.4 is 15.0 Å². The van der Waals surface area contributed by atoms with Crippen LogP contribution >= 0.6 is 11.3 Å². The monoisotopic (exact) mass is 534 g/mol. The summed E-state index contributed by atoms with van der Waals surface area (Å²) in [6.45, 7) is 6.41. The van der Waals surface area contributed by atoms with Gasteiger partial charge in [-0.2, -0.15) is 4.31 Å². The van der Waals surface area contributed by atoms with E-state index in [9.17, 15) is 18.0 Å². The fourth-order valence-corrected chi connectivity index (χ4v) is 6.86. The number of hydrogen-bond donors (Lipinski definition) is 1. The number of benzene rings is 1. The van der Waals surface area contributed by atoms with Crippen LogP contribution in [-0.4, -0.2) is 79.6 Å². The second-order valence-corrected chi connectivity index (χ2v) is 11.4. The van der Waals surface area contributed by atoms with E-state index in [-0.39, 0.29) is 17.1 Å². The number of aromatic nitrogens is 2. The van der Waals surface area contributed by atoms with Crippen molar-refractivity contribution >= 4 is 37.5 Å². The second-order valence-electron chi connectivity index (χ2n) is 8.46. The highest BCUT2D eigenvalue weighted by atomic mass is 32.2. The van der Waals surface area contributed by atoms with Crippen molar-refractivity contribution in [3.63, 3.8) is 0 Å². The minimum absolute atomic E-state index is 0.169. The Bertz CT molecular complexity index is 1470. The number of rotatable bonds is 6. The molecule has 0 saturated carbocycles. The topological polar surface area (TPSA) is 131 Å². The molecule has 3 aromatic rings. The molecule has 0 radical (unpaired) electrons. The number of H-pyrrole nitrogens is 1. The number of thiophene rings is 1. The first-order chi connectivity index (χ1) is 17.3. The smallest absolute Gasteiger partial charge is 0.348 e. The molecule has 0 aliphatic carbocycles. The third-order valence-electron chi connectivity index (χ3n) is 6.17. The predicted molar refractivity (Wildman–Crippen MR) is 132 cm³/mol. The van der Waals surface area contributed by atoms with Gasteiger partial charge in [-0.05, 0) is 31.5 Å². The van der Waals surface area contributed by atoms with Gasteiger partial charge in [-0.1, -0.05) is 0 Å². The molecule has 2 aliphatic rings. The zero-order chi connectivity index (χ0) is 25.4. The molecule has 1 fully saturated rings. The fraction of sp³-hybridized carbons (Fsp3) is 0.435. The van der Waals surface area contributed by atoms with Gasteiger partial charge >= 0.3 is 5.97 Å². The van der Waals surface area contributed by atoms with Crippen LogP contribution in [0, 0.1) is 6.92 Å². The first-order valence-electron chi connectivity index (χ1n) is 11.6. The lowest BCUT2D eigenvalue weighted by molar-refractivity contribution is 0.0531. The van der Waals surface area contributed by atoms with Crippen LogP contribution in [0.4, 0.5) is 0 Å². The van der Waals surface area contributed by atoms with E-state index in [1.807, 2.05) is 4.90 Å². The number of aryl methyl sites for hydroxylation is 1. The van der Waals surface area contributed by atoms with E-state index in [2.05, 4.69) is 9.97 Å². The molecule has 1 N–H and O–H groups in total. The number of ether oxygens (including phenoxy) is 3. The number of esters is 1. The van der Waals surface area contributed by atoms with Crippen molar-refractivity contribution in [3.8, 4) is 11.5 Å². The number of aromatic amines is 1. The molecule has 0 spiro atoms. The van der Waals surface area contributed by atoms with E-state index in [4.69, 9.17) is 14.2 Å². The van der Waals surface area contributed by atoms with Crippen molar-refractivity contribution in [2.75, 3.05) is 46.0 Å². The molecule has 1 saturated heterocycles. The summed E-state index contributed by atoms with van der Waals surface area (Å²) < 4.78 is 43.9. The minimum Gasteiger partial charge on any atom is -0.486 e. The summed E-state index contributed by atoms with van der Waals surface area (Å²) >= 11 is 1.14. The largest absolute Gasteiger partial charge is 0.486 e. The Morgan fingerprint density at radius 3 is 2.61 bits per heavy atom. The lowest BCUT2D eigenvalue weighted by Gasteiger charge is -2.33. The van der Waals surface area contributed by atoms with Gasteiger partial charge in [-0.3, -0.25) is 9.69 Å². The van der Waals surface area contributed by atoms with Gasteiger partial charge in [0.2, 0.25) is 10.0 Å². The van der Waals surface area contributed by atoms with Gasteiger partial charge in [-0.25, -0.2) is 18.2 Å². The summed E-state index contributed by atoms with van der Waals surface area (Å²) in [5.74, 6) is 0.974. The van der Waals surface area contributed by atoms with Crippen LogP contribution in [-0.2, 0) is 21.3 Å². The first-order valence-corrected chi connectivity index (χ1v) is 13.8. The SMILES string of the molecule is CCOC(=O)c1sc2nc(CN3CCN(S(=O)(=O)c4ccc5c(c4)OCCO5)CC3)[nH]c(=O)c2c1C. The quantitative estimate of drug-likeness (QED) is 0.470. The molecule has 4 heterocycles. The number of piperazine rings is 1. The fourth-order valence-electron chi connectivity index (χ4n) is 4.33. The Morgan fingerprint density at radius 2 is 1.89 bits per heavy atom. The van der Waals surface area contributed by atoms with Crippen molar-refractivity contribution in [1.29, 1.82) is 0 Å². The Labute approximate surface area is 211 Å². The number of carbonyl (C=O) groups is 1. The van der Waals surface area contributed by atoms with Crippen LogP contribution in [0.5, 0.6) is 11.5 Å². The van der Waals surface area contributed by atoms with Gasteiger partial charge in [-0.15, -0.1) is 11.3 Å². The Hall–Kier alpha value is -3.00. The summed E-state index contributed by atoms with van der Waals surface area (Å²) in [4.78, 5) is 35.4. The number of nitrogens with zero attached hydrogens (tertiary/aromatic N) is 3. The molecule has 192 valence electrons. The van der Waals surface area contributed by atoms with Crippen LogP contribution in [0.3, 0.4) is 0 Å². The van der Waals surface area contributed by atoms with Crippen molar-refractivity contribution < 1.29 is 27.4 Å². The molecule has 0 bridgehead atoms. The second kappa shape index (κ2) is 9.81. The maximum absolute atomic E-state index is 13.2. The molecular formula is C23H26N4O7S2. The molecule has 5 rings (SSSR count). The summed E-state index contributed by atoms with van der Waals surface area (Å²) in [6.07, 6.45) is 0. The maximum Gasteiger partial charge on any atom is 0.348 e. The van der Waals surface area contributed by atoms with Crippen LogP contribution in [0.25, 0.3) is 10.2 Å². The summed E-state index contributed by atoms with van der Waals surface area (Å²) in [7, 11) is -3.69. The lowest BCUT2D eigenvalue weighted by Crippen LogP contribution is -2.48. The molecule has 0 amide bonds. The number of hydrogen-bond acceptors (Lipinski definition) is 10. The summed E-state index contributed by atoms with van der Waals surface area (Å²) in [5, 5.41) is 0.391. The zero-order valence-corrected chi connectivity index (χ0v) is 21.5. The molecule has 36 heavy (non-hydrogen) atoms. The molecule has 13 heteroatoms. The van der Waals surface area contributed by atoms with Gasteiger partial charge < -0.3 is 19.2 Å². The highest BCUT2D eigenvalue weighted by Crippen LogP contribution is 2.33. The molecular weight excluding hydrogens is 508 g/mol. The highest BCUT2D eigenvalue weighted by Gasteiger charge is 2.30. The van der Waals surface area contributed by atoms with Gasteiger partial charge in [0.1, 0.15) is 28.7 Å².